The number of hydrogen-bond acceptors (Lipinski definition) is 1. The molecular formula is C17H23NO. The van der Waals surface area contributed by atoms with Gasteiger partial charge in [-0.3, -0.25) is 4.79 Å². The van der Waals surface area contributed by atoms with Crippen LogP contribution in [0, 0.1) is 0 Å². The van der Waals surface area contributed by atoms with Crippen LogP contribution in [0.5, 0.6) is 0 Å². The summed E-state index contributed by atoms with van der Waals surface area (Å²) in [5.74, 6) is 0.208. The minimum atomic E-state index is -0.161. The number of carbonyl (C=O) groups is 1. The summed E-state index contributed by atoms with van der Waals surface area (Å²) in [5.41, 5.74) is 3.37. The van der Waals surface area contributed by atoms with Gasteiger partial charge >= 0.3 is 0 Å². The molecule has 2 heteroatoms. The number of amides is 1. The van der Waals surface area contributed by atoms with E-state index in [4.69, 9.17) is 0 Å². The fourth-order valence-electron chi connectivity index (χ4n) is 3.10. The highest BCUT2D eigenvalue weighted by molar-refractivity contribution is 6.00. The van der Waals surface area contributed by atoms with Crippen LogP contribution in [-0.4, -0.2) is 11.4 Å². The fourth-order valence-corrected chi connectivity index (χ4v) is 3.10. The van der Waals surface area contributed by atoms with Gasteiger partial charge in [0.25, 0.3) is 0 Å². The molecule has 2 rings (SSSR count). The van der Waals surface area contributed by atoms with Crippen LogP contribution in [0.25, 0.3) is 5.57 Å². The quantitative estimate of drug-likeness (QED) is 0.785. The molecule has 0 unspecified atom stereocenters. The standard InChI is InChI=1S/C17H23NO/c1-5-16(19)18-15-11-9-8-10-14(15)13(4)12-17(18,6-2)7-3/h8-12H,5-7H2,1-4H3. The second kappa shape index (κ2) is 5.20. The van der Waals surface area contributed by atoms with Crippen LogP contribution in [-0.2, 0) is 4.79 Å². The van der Waals surface area contributed by atoms with Gasteiger partial charge in [-0.25, -0.2) is 0 Å². The van der Waals surface area contributed by atoms with E-state index in [2.05, 4.69) is 39.0 Å². The molecule has 102 valence electrons. The van der Waals surface area contributed by atoms with Crippen molar-refractivity contribution in [3.63, 3.8) is 0 Å². The third-order valence-electron chi connectivity index (χ3n) is 4.28. The Bertz CT molecular complexity index is 512. The summed E-state index contributed by atoms with van der Waals surface area (Å²) in [6.07, 6.45) is 4.72. The van der Waals surface area contributed by atoms with Crippen molar-refractivity contribution in [2.45, 2.75) is 52.5 Å². The first-order valence-electron chi connectivity index (χ1n) is 7.21. The van der Waals surface area contributed by atoms with Crippen LogP contribution < -0.4 is 4.90 Å². The Hall–Kier alpha value is -1.57. The summed E-state index contributed by atoms with van der Waals surface area (Å²) in [4.78, 5) is 14.5. The molecule has 0 atom stereocenters. The topological polar surface area (TPSA) is 20.3 Å². The molecule has 0 saturated carbocycles. The van der Waals surface area contributed by atoms with Crippen LogP contribution in [0.15, 0.2) is 30.3 Å². The minimum absolute atomic E-state index is 0.161. The van der Waals surface area contributed by atoms with Gasteiger partial charge in [-0.15, -0.1) is 0 Å². The summed E-state index contributed by atoms with van der Waals surface area (Å²) in [6, 6.07) is 8.23. The summed E-state index contributed by atoms with van der Waals surface area (Å²) in [6.45, 7) is 8.41. The molecule has 1 aromatic rings. The van der Waals surface area contributed by atoms with Crippen LogP contribution in [0.2, 0.25) is 0 Å². The Labute approximate surface area is 116 Å². The van der Waals surface area contributed by atoms with Gasteiger partial charge in [-0.1, -0.05) is 45.0 Å². The normalized spacial score (nSPS) is 16.8. The second-order valence-corrected chi connectivity index (χ2v) is 5.24. The highest BCUT2D eigenvalue weighted by Gasteiger charge is 2.39. The zero-order valence-electron chi connectivity index (χ0n) is 12.4. The van der Waals surface area contributed by atoms with Gasteiger partial charge in [0.2, 0.25) is 5.91 Å². The van der Waals surface area contributed by atoms with E-state index in [1.807, 2.05) is 24.0 Å². The smallest absolute Gasteiger partial charge is 0.227 e. The van der Waals surface area contributed by atoms with Gasteiger partial charge in [0, 0.05) is 12.0 Å². The Morgan fingerprint density at radius 2 is 1.79 bits per heavy atom. The highest BCUT2D eigenvalue weighted by Crippen LogP contribution is 2.42. The first kappa shape index (κ1) is 13.9. The van der Waals surface area contributed by atoms with Crippen LogP contribution in [0.3, 0.4) is 0 Å². The average Bonchev–Trinajstić information content (AvgIpc) is 2.46. The summed E-state index contributed by atoms with van der Waals surface area (Å²) >= 11 is 0. The first-order valence-corrected chi connectivity index (χ1v) is 7.21. The Morgan fingerprint density at radius 1 is 1.16 bits per heavy atom. The molecule has 1 aliphatic heterocycles. The van der Waals surface area contributed by atoms with Gasteiger partial charge < -0.3 is 4.90 Å². The van der Waals surface area contributed by atoms with Gasteiger partial charge in [0.1, 0.15) is 0 Å². The monoisotopic (exact) mass is 257 g/mol. The molecular weight excluding hydrogens is 234 g/mol. The molecule has 0 N–H and O–H groups in total. The summed E-state index contributed by atoms with van der Waals surface area (Å²) in [7, 11) is 0. The molecule has 0 bridgehead atoms. The molecule has 19 heavy (non-hydrogen) atoms. The number of benzene rings is 1. The molecule has 1 amide bonds. The number of fused-ring (bicyclic) bond motifs is 1. The van der Waals surface area contributed by atoms with Crippen molar-refractivity contribution in [1.29, 1.82) is 0 Å². The number of anilines is 1. The van der Waals surface area contributed by atoms with Crippen LogP contribution >= 0.6 is 0 Å². The van der Waals surface area contributed by atoms with Crippen LogP contribution in [0.4, 0.5) is 5.69 Å². The predicted octanol–water partition coefficient (Wildman–Crippen LogP) is 4.41. The van der Waals surface area contributed by atoms with Gasteiger partial charge in [0.05, 0.1) is 11.2 Å². The van der Waals surface area contributed by atoms with Gasteiger partial charge in [-0.2, -0.15) is 0 Å². The summed E-state index contributed by atoms with van der Waals surface area (Å²) < 4.78 is 0. The highest BCUT2D eigenvalue weighted by atomic mass is 16.2. The molecule has 1 aliphatic rings. The van der Waals surface area contributed by atoms with Crippen molar-refractivity contribution in [3.8, 4) is 0 Å². The fraction of sp³-hybridized carbons (Fsp3) is 0.471. The second-order valence-electron chi connectivity index (χ2n) is 5.24. The number of allylic oxidation sites excluding steroid dienone is 1. The maximum atomic E-state index is 12.5. The lowest BCUT2D eigenvalue weighted by molar-refractivity contribution is -0.119. The van der Waals surface area contributed by atoms with Crippen molar-refractivity contribution in [3.05, 3.63) is 35.9 Å². The molecule has 1 aromatic carbocycles. The van der Waals surface area contributed by atoms with E-state index in [0.29, 0.717) is 6.42 Å². The molecule has 0 saturated heterocycles. The van der Waals surface area contributed by atoms with Gasteiger partial charge in [-0.05, 0) is 31.4 Å². The zero-order valence-corrected chi connectivity index (χ0v) is 12.4. The predicted molar refractivity (Wildman–Crippen MR) is 81.2 cm³/mol. The van der Waals surface area contributed by atoms with E-state index in [1.165, 1.54) is 11.1 Å². The van der Waals surface area contributed by atoms with E-state index in [9.17, 15) is 4.79 Å². The van der Waals surface area contributed by atoms with Crippen molar-refractivity contribution in [2.75, 3.05) is 4.90 Å². The lowest BCUT2D eigenvalue weighted by Gasteiger charge is -2.45. The number of carbonyl (C=O) groups excluding carboxylic acids is 1. The number of rotatable bonds is 3. The largest absolute Gasteiger partial charge is 0.302 e. The molecule has 0 aromatic heterocycles. The van der Waals surface area contributed by atoms with E-state index >= 15 is 0 Å². The lowest BCUT2D eigenvalue weighted by atomic mass is 9.82. The number of hydrogen-bond donors (Lipinski definition) is 0. The number of para-hydroxylation sites is 1. The zero-order chi connectivity index (χ0) is 14.0. The third-order valence-corrected chi connectivity index (χ3v) is 4.28. The molecule has 0 radical (unpaired) electrons. The Kier molecular flexibility index (Phi) is 3.79. The maximum Gasteiger partial charge on any atom is 0.227 e. The van der Waals surface area contributed by atoms with Crippen molar-refractivity contribution >= 4 is 17.2 Å². The molecule has 0 fully saturated rings. The molecule has 2 nitrogen and oxygen atoms in total. The van der Waals surface area contributed by atoms with E-state index in [1.54, 1.807) is 0 Å². The summed E-state index contributed by atoms with van der Waals surface area (Å²) in [5, 5.41) is 0. The van der Waals surface area contributed by atoms with Crippen LogP contribution in [0.1, 0.15) is 52.5 Å². The lowest BCUT2D eigenvalue weighted by Crippen LogP contribution is -2.52. The molecule has 1 heterocycles. The third kappa shape index (κ3) is 2.09. The van der Waals surface area contributed by atoms with E-state index in [0.717, 1.165) is 18.5 Å². The minimum Gasteiger partial charge on any atom is -0.302 e. The van der Waals surface area contributed by atoms with E-state index in [-0.39, 0.29) is 11.4 Å². The average molecular weight is 257 g/mol. The SMILES string of the molecule is CCC(=O)N1c2ccccc2C(C)=CC1(CC)CC. The molecule has 0 aliphatic carbocycles. The van der Waals surface area contributed by atoms with Gasteiger partial charge in [0.15, 0.2) is 0 Å². The Morgan fingerprint density at radius 3 is 2.37 bits per heavy atom. The van der Waals surface area contributed by atoms with Crippen molar-refractivity contribution in [1.82, 2.24) is 0 Å². The van der Waals surface area contributed by atoms with Crippen molar-refractivity contribution in [2.24, 2.45) is 0 Å². The van der Waals surface area contributed by atoms with E-state index < -0.39 is 0 Å². The first-order chi connectivity index (χ1) is 9.09. The number of nitrogens with zero attached hydrogens (tertiary/aromatic N) is 1. The van der Waals surface area contributed by atoms with Crippen molar-refractivity contribution < 1.29 is 4.79 Å². The molecule has 0 spiro atoms. The Balaban J connectivity index is 2.66. The maximum absolute atomic E-state index is 12.5.